The van der Waals surface area contributed by atoms with Gasteiger partial charge in [0.25, 0.3) is 0 Å². The first-order valence-electron chi connectivity index (χ1n) is 7.07. The topological polar surface area (TPSA) is 55.4 Å². The zero-order valence-corrected chi connectivity index (χ0v) is 13.5. The summed E-state index contributed by atoms with van der Waals surface area (Å²) >= 11 is 0. The predicted octanol–water partition coefficient (Wildman–Crippen LogP) is 2.95. The van der Waals surface area contributed by atoms with Gasteiger partial charge in [-0.15, -0.1) is 0 Å². The molecule has 0 spiro atoms. The van der Waals surface area contributed by atoms with E-state index in [0.29, 0.717) is 24.0 Å². The van der Waals surface area contributed by atoms with Gasteiger partial charge in [-0.25, -0.2) is 8.42 Å². The summed E-state index contributed by atoms with van der Waals surface area (Å²) in [5, 5.41) is 3.39. The molecule has 0 radical (unpaired) electrons. The number of ether oxygens (including phenoxy) is 1. The van der Waals surface area contributed by atoms with Crippen LogP contribution in [0.4, 0.5) is 5.69 Å². The Bertz CT molecular complexity index is 494. The molecule has 0 aliphatic carbocycles. The highest BCUT2D eigenvalue weighted by Crippen LogP contribution is 2.17. The molecule has 0 aliphatic rings. The molecule has 0 bridgehead atoms. The molecular weight excluding hydrogens is 274 g/mol. The van der Waals surface area contributed by atoms with E-state index in [1.165, 1.54) is 0 Å². The Balaban J connectivity index is 2.77. The maximum Gasteiger partial charge on any atom is 0.178 e. The Hall–Kier alpha value is -1.07. The minimum Gasteiger partial charge on any atom is -0.380 e. The van der Waals surface area contributed by atoms with Crippen LogP contribution in [0.15, 0.2) is 29.2 Å². The molecule has 5 heteroatoms. The maximum atomic E-state index is 11.7. The first-order chi connectivity index (χ1) is 9.40. The number of sulfone groups is 1. The van der Waals surface area contributed by atoms with Crippen LogP contribution in [0.2, 0.25) is 0 Å². The molecule has 1 rings (SSSR count). The van der Waals surface area contributed by atoms with Crippen molar-refractivity contribution in [3.05, 3.63) is 24.3 Å². The predicted molar refractivity (Wildman–Crippen MR) is 82.9 cm³/mol. The second-order valence-corrected chi connectivity index (χ2v) is 7.36. The van der Waals surface area contributed by atoms with Crippen molar-refractivity contribution in [3.63, 3.8) is 0 Å². The highest BCUT2D eigenvalue weighted by atomic mass is 32.2. The molecule has 0 aliphatic heterocycles. The van der Waals surface area contributed by atoms with Crippen molar-refractivity contribution in [1.29, 1.82) is 0 Å². The summed E-state index contributed by atoms with van der Waals surface area (Å²) < 4.78 is 29.0. The molecular formula is C15H25NO3S. The molecule has 1 aromatic rings. The lowest BCUT2D eigenvalue weighted by Gasteiger charge is -2.23. The Morgan fingerprint density at radius 3 is 2.20 bits per heavy atom. The van der Waals surface area contributed by atoms with Crippen LogP contribution in [0.3, 0.4) is 0 Å². The van der Waals surface area contributed by atoms with E-state index < -0.39 is 9.84 Å². The van der Waals surface area contributed by atoms with E-state index in [-0.39, 0.29) is 11.8 Å². The summed E-state index contributed by atoms with van der Waals surface area (Å²) in [4.78, 5) is 0.372. The van der Waals surface area contributed by atoms with Crippen molar-refractivity contribution in [2.24, 2.45) is 5.92 Å². The highest BCUT2D eigenvalue weighted by Gasteiger charge is 2.14. The van der Waals surface area contributed by atoms with Gasteiger partial charge in [-0.2, -0.15) is 0 Å². The summed E-state index contributed by atoms with van der Waals surface area (Å²) in [6.45, 7) is 9.22. The van der Waals surface area contributed by atoms with Crippen molar-refractivity contribution >= 4 is 15.5 Å². The fraction of sp³-hybridized carbons (Fsp3) is 0.600. The minimum atomic E-state index is -3.13. The fourth-order valence-electron chi connectivity index (χ4n) is 1.78. The molecule has 0 saturated carbocycles. The highest BCUT2D eigenvalue weighted by molar-refractivity contribution is 7.91. The number of hydrogen-bond donors (Lipinski definition) is 1. The molecule has 20 heavy (non-hydrogen) atoms. The molecule has 1 aromatic carbocycles. The Kier molecular flexibility index (Phi) is 6.49. The van der Waals surface area contributed by atoms with Gasteiger partial charge in [0.05, 0.1) is 23.3 Å². The van der Waals surface area contributed by atoms with E-state index >= 15 is 0 Å². The number of benzene rings is 1. The lowest BCUT2D eigenvalue weighted by molar-refractivity contribution is 0.127. The second-order valence-electron chi connectivity index (χ2n) is 5.08. The van der Waals surface area contributed by atoms with E-state index in [2.05, 4.69) is 19.2 Å². The van der Waals surface area contributed by atoms with Crippen LogP contribution >= 0.6 is 0 Å². The van der Waals surface area contributed by atoms with E-state index in [0.717, 1.165) is 5.69 Å². The number of nitrogens with one attached hydrogen (secondary N) is 1. The van der Waals surface area contributed by atoms with Gasteiger partial charge >= 0.3 is 0 Å². The van der Waals surface area contributed by atoms with Gasteiger partial charge in [0.2, 0.25) is 0 Å². The lowest BCUT2D eigenvalue weighted by atomic mass is 10.1. The van der Waals surface area contributed by atoms with Gasteiger partial charge < -0.3 is 10.1 Å². The quantitative estimate of drug-likeness (QED) is 0.802. The molecule has 0 heterocycles. The van der Waals surface area contributed by atoms with Crippen LogP contribution in [0, 0.1) is 5.92 Å². The van der Waals surface area contributed by atoms with Crippen molar-refractivity contribution in [3.8, 4) is 0 Å². The zero-order chi connectivity index (χ0) is 15.2. The summed E-state index contributed by atoms with van der Waals surface area (Å²) in [7, 11) is -3.13. The van der Waals surface area contributed by atoms with Crippen LogP contribution in [-0.2, 0) is 14.6 Å². The standard InChI is InChI=1S/C15H25NO3S/c1-5-19-11-15(12(3)4)16-13-7-9-14(10-8-13)20(17,18)6-2/h7-10,12,15-16H,5-6,11H2,1-4H3. The fourth-order valence-corrected chi connectivity index (χ4v) is 2.67. The van der Waals surface area contributed by atoms with Gasteiger partial charge in [0.1, 0.15) is 0 Å². The van der Waals surface area contributed by atoms with Crippen LogP contribution in [0.5, 0.6) is 0 Å². The summed E-state index contributed by atoms with van der Waals surface area (Å²) in [6, 6.07) is 7.13. The van der Waals surface area contributed by atoms with Gasteiger partial charge in [0, 0.05) is 12.3 Å². The van der Waals surface area contributed by atoms with Crippen molar-refractivity contribution in [2.75, 3.05) is 24.3 Å². The maximum absolute atomic E-state index is 11.7. The molecule has 1 N–H and O–H groups in total. The van der Waals surface area contributed by atoms with Gasteiger partial charge in [0.15, 0.2) is 9.84 Å². The molecule has 1 unspecified atom stereocenters. The molecule has 114 valence electrons. The number of rotatable bonds is 8. The van der Waals surface area contributed by atoms with Crippen LogP contribution in [0.1, 0.15) is 27.7 Å². The normalized spacial score (nSPS) is 13.4. The van der Waals surface area contributed by atoms with Crippen molar-refractivity contribution < 1.29 is 13.2 Å². The average molecular weight is 299 g/mol. The van der Waals surface area contributed by atoms with Gasteiger partial charge in [-0.05, 0) is 37.1 Å². The van der Waals surface area contributed by atoms with Crippen LogP contribution < -0.4 is 5.32 Å². The third-order valence-corrected chi connectivity index (χ3v) is 5.00. The van der Waals surface area contributed by atoms with Crippen LogP contribution in [-0.4, -0.2) is 33.4 Å². The zero-order valence-electron chi connectivity index (χ0n) is 12.7. The summed E-state index contributed by atoms with van der Waals surface area (Å²) in [5.41, 5.74) is 0.915. The third-order valence-electron chi connectivity index (χ3n) is 3.25. The SMILES string of the molecule is CCOCC(Nc1ccc(S(=O)(=O)CC)cc1)C(C)C. The van der Waals surface area contributed by atoms with Crippen molar-refractivity contribution in [2.45, 2.75) is 38.6 Å². The van der Waals surface area contributed by atoms with E-state index in [9.17, 15) is 8.42 Å². The van der Waals surface area contributed by atoms with E-state index in [1.54, 1.807) is 19.1 Å². The summed E-state index contributed by atoms with van der Waals surface area (Å²) in [6.07, 6.45) is 0. The minimum absolute atomic E-state index is 0.124. The van der Waals surface area contributed by atoms with Crippen molar-refractivity contribution in [1.82, 2.24) is 0 Å². The second kappa shape index (κ2) is 7.64. The van der Waals surface area contributed by atoms with E-state index in [4.69, 9.17) is 4.74 Å². The molecule has 1 atom stereocenters. The largest absolute Gasteiger partial charge is 0.380 e. The summed E-state index contributed by atoms with van der Waals surface area (Å²) in [5.74, 6) is 0.555. The molecule has 0 aromatic heterocycles. The number of hydrogen-bond acceptors (Lipinski definition) is 4. The van der Waals surface area contributed by atoms with Crippen LogP contribution in [0.25, 0.3) is 0 Å². The first kappa shape index (κ1) is 17.0. The number of anilines is 1. The first-order valence-corrected chi connectivity index (χ1v) is 8.73. The van der Waals surface area contributed by atoms with Gasteiger partial charge in [-0.3, -0.25) is 0 Å². The molecule has 0 saturated heterocycles. The smallest absolute Gasteiger partial charge is 0.178 e. The monoisotopic (exact) mass is 299 g/mol. The van der Waals surface area contributed by atoms with Gasteiger partial charge in [-0.1, -0.05) is 20.8 Å². The third kappa shape index (κ3) is 4.80. The molecule has 4 nitrogen and oxygen atoms in total. The molecule has 0 fully saturated rings. The Morgan fingerprint density at radius 2 is 1.75 bits per heavy atom. The Morgan fingerprint density at radius 1 is 1.15 bits per heavy atom. The molecule has 0 amide bonds. The Labute approximate surface area is 122 Å². The van der Waals surface area contributed by atoms with E-state index in [1.807, 2.05) is 19.1 Å². The lowest BCUT2D eigenvalue weighted by Crippen LogP contribution is -2.30. The average Bonchev–Trinajstić information content (AvgIpc) is 2.43.